The van der Waals surface area contributed by atoms with Crippen molar-refractivity contribution < 1.29 is 4.74 Å². The van der Waals surface area contributed by atoms with Crippen molar-refractivity contribution in [3.63, 3.8) is 0 Å². The van der Waals surface area contributed by atoms with E-state index in [0.29, 0.717) is 12.7 Å². The van der Waals surface area contributed by atoms with Gasteiger partial charge < -0.3 is 15.0 Å². The highest BCUT2D eigenvalue weighted by Gasteiger charge is 2.14. The number of rotatable bonds is 3. The van der Waals surface area contributed by atoms with Crippen LogP contribution in [-0.4, -0.2) is 34.1 Å². The molecule has 2 N–H and O–H groups in total. The molecule has 0 unspecified atom stereocenters. The topological polar surface area (TPSA) is 62.8 Å². The van der Waals surface area contributed by atoms with Crippen LogP contribution in [0.4, 0.5) is 0 Å². The summed E-state index contributed by atoms with van der Waals surface area (Å²) in [5, 5.41) is 3.32. The molecule has 0 radical (unpaired) electrons. The van der Waals surface area contributed by atoms with Crippen LogP contribution in [-0.2, 0) is 11.3 Å². The average molecular weight is 232 g/mol. The number of imidazole rings is 1. The minimum absolute atomic E-state index is 0.364. The Morgan fingerprint density at radius 1 is 1.35 bits per heavy atom. The summed E-state index contributed by atoms with van der Waals surface area (Å²) in [6.45, 7) is 2.66. The number of pyridine rings is 1. The maximum Gasteiger partial charge on any atom is 0.133 e. The van der Waals surface area contributed by atoms with E-state index in [2.05, 4.69) is 20.3 Å². The molecule has 1 saturated heterocycles. The van der Waals surface area contributed by atoms with Crippen LogP contribution < -0.4 is 5.32 Å². The number of aromatic amines is 1. The van der Waals surface area contributed by atoms with Crippen LogP contribution >= 0.6 is 0 Å². The van der Waals surface area contributed by atoms with Gasteiger partial charge in [0.25, 0.3) is 0 Å². The van der Waals surface area contributed by atoms with Crippen molar-refractivity contribution in [1.82, 2.24) is 20.3 Å². The van der Waals surface area contributed by atoms with E-state index in [1.807, 2.05) is 6.07 Å². The minimum atomic E-state index is 0.364. The fourth-order valence-electron chi connectivity index (χ4n) is 2.14. The molecular weight excluding hydrogens is 216 g/mol. The molecule has 0 amide bonds. The van der Waals surface area contributed by atoms with Crippen LogP contribution in [0.1, 0.15) is 18.7 Å². The third-order valence-corrected chi connectivity index (χ3v) is 3.07. The Bertz CT molecular complexity index is 457. The van der Waals surface area contributed by atoms with Crippen molar-refractivity contribution in [2.24, 2.45) is 0 Å². The van der Waals surface area contributed by atoms with Crippen LogP contribution in [0.2, 0.25) is 0 Å². The fourth-order valence-corrected chi connectivity index (χ4v) is 2.14. The summed E-state index contributed by atoms with van der Waals surface area (Å²) in [5.41, 5.74) is 1.92. The van der Waals surface area contributed by atoms with Gasteiger partial charge in [0.1, 0.15) is 12.4 Å². The number of nitrogens with zero attached hydrogens (tertiary/aromatic N) is 2. The molecule has 1 aliphatic heterocycles. The third kappa shape index (κ3) is 2.45. The van der Waals surface area contributed by atoms with Crippen LogP contribution in [0.25, 0.3) is 11.0 Å². The van der Waals surface area contributed by atoms with Gasteiger partial charge in [-0.25, -0.2) is 4.98 Å². The standard InChI is InChI=1S/C12H16N4O/c1-4-13-5-2-9(1)17-8-12-15-10-3-6-14-7-11(10)16-12/h3,6-7,9,13H,1-2,4-5,8H2,(H,15,16). The highest BCUT2D eigenvalue weighted by molar-refractivity contribution is 5.73. The number of hydrogen-bond donors (Lipinski definition) is 2. The average Bonchev–Trinajstić information content (AvgIpc) is 2.80. The van der Waals surface area contributed by atoms with Crippen molar-refractivity contribution in [2.45, 2.75) is 25.6 Å². The largest absolute Gasteiger partial charge is 0.370 e. The highest BCUT2D eigenvalue weighted by Crippen LogP contribution is 2.12. The number of ether oxygens (including phenoxy) is 1. The SMILES string of the molecule is c1cc2nc(COC3CCNCC3)[nH]c2cn1. The van der Waals surface area contributed by atoms with E-state index < -0.39 is 0 Å². The maximum absolute atomic E-state index is 5.84. The number of H-pyrrole nitrogens is 1. The van der Waals surface area contributed by atoms with Gasteiger partial charge in [-0.3, -0.25) is 4.98 Å². The zero-order chi connectivity index (χ0) is 11.5. The molecule has 5 heteroatoms. The second-order valence-corrected chi connectivity index (χ2v) is 4.34. The van der Waals surface area contributed by atoms with E-state index in [1.54, 1.807) is 12.4 Å². The summed E-state index contributed by atoms with van der Waals surface area (Å²) in [4.78, 5) is 11.7. The van der Waals surface area contributed by atoms with E-state index in [9.17, 15) is 0 Å². The van der Waals surface area contributed by atoms with Gasteiger partial charge in [0, 0.05) is 6.20 Å². The number of hydrogen-bond acceptors (Lipinski definition) is 4. The number of piperidine rings is 1. The van der Waals surface area contributed by atoms with Crippen LogP contribution in [0.5, 0.6) is 0 Å². The molecule has 1 aliphatic rings. The Morgan fingerprint density at radius 2 is 2.24 bits per heavy atom. The molecule has 3 heterocycles. The van der Waals surface area contributed by atoms with Gasteiger partial charge in [-0.15, -0.1) is 0 Å². The van der Waals surface area contributed by atoms with Gasteiger partial charge in [0.15, 0.2) is 0 Å². The normalized spacial score (nSPS) is 17.6. The molecule has 90 valence electrons. The first kappa shape index (κ1) is 10.7. The Labute approximate surface area is 99.6 Å². The zero-order valence-corrected chi connectivity index (χ0v) is 9.65. The summed E-state index contributed by atoms with van der Waals surface area (Å²) < 4.78 is 5.84. The van der Waals surface area contributed by atoms with Gasteiger partial charge >= 0.3 is 0 Å². The van der Waals surface area contributed by atoms with Gasteiger partial charge in [0.2, 0.25) is 0 Å². The molecule has 1 fully saturated rings. The zero-order valence-electron chi connectivity index (χ0n) is 9.65. The molecule has 17 heavy (non-hydrogen) atoms. The molecule has 0 spiro atoms. The molecule has 0 aromatic carbocycles. The molecule has 0 aliphatic carbocycles. The third-order valence-electron chi connectivity index (χ3n) is 3.07. The van der Waals surface area contributed by atoms with E-state index in [-0.39, 0.29) is 0 Å². The molecule has 2 aromatic rings. The predicted molar refractivity (Wildman–Crippen MR) is 64.6 cm³/mol. The van der Waals surface area contributed by atoms with Crippen molar-refractivity contribution >= 4 is 11.0 Å². The van der Waals surface area contributed by atoms with Crippen molar-refractivity contribution in [1.29, 1.82) is 0 Å². The van der Waals surface area contributed by atoms with Crippen LogP contribution in [0.3, 0.4) is 0 Å². The number of nitrogens with one attached hydrogen (secondary N) is 2. The molecule has 0 saturated carbocycles. The second-order valence-electron chi connectivity index (χ2n) is 4.34. The van der Waals surface area contributed by atoms with Crippen LogP contribution in [0, 0.1) is 0 Å². The number of fused-ring (bicyclic) bond motifs is 1. The van der Waals surface area contributed by atoms with Gasteiger partial charge in [0.05, 0.1) is 23.3 Å². The van der Waals surface area contributed by atoms with E-state index in [4.69, 9.17) is 4.74 Å². The van der Waals surface area contributed by atoms with Gasteiger partial charge in [-0.1, -0.05) is 0 Å². The Balaban J connectivity index is 1.64. The summed E-state index contributed by atoms with van der Waals surface area (Å²) in [5.74, 6) is 0.881. The molecule has 5 nitrogen and oxygen atoms in total. The quantitative estimate of drug-likeness (QED) is 0.835. The first-order valence-corrected chi connectivity index (χ1v) is 6.03. The van der Waals surface area contributed by atoms with Crippen molar-refractivity contribution in [3.8, 4) is 0 Å². The first-order chi connectivity index (χ1) is 8.42. The Morgan fingerprint density at radius 3 is 3.06 bits per heavy atom. The lowest BCUT2D eigenvalue weighted by atomic mass is 10.1. The summed E-state index contributed by atoms with van der Waals surface area (Å²) in [6, 6.07) is 1.90. The molecular formula is C12H16N4O. The number of aromatic nitrogens is 3. The Kier molecular flexibility index (Phi) is 3.02. The van der Waals surface area contributed by atoms with E-state index >= 15 is 0 Å². The lowest BCUT2D eigenvalue weighted by Crippen LogP contribution is -2.32. The Hall–Kier alpha value is -1.46. The molecule has 0 bridgehead atoms. The lowest BCUT2D eigenvalue weighted by molar-refractivity contribution is 0.0182. The second kappa shape index (κ2) is 4.81. The smallest absolute Gasteiger partial charge is 0.133 e. The fraction of sp³-hybridized carbons (Fsp3) is 0.500. The predicted octanol–water partition coefficient (Wildman–Crippen LogP) is 1.23. The van der Waals surface area contributed by atoms with Gasteiger partial charge in [-0.2, -0.15) is 0 Å². The van der Waals surface area contributed by atoms with E-state index in [0.717, 1.165) is 42.8 Å². The summed E-state index contributed by atoms with van der Waals surface area (Å²) in [7, 11) is 0. The van der Waals surface area contributed by atoms with Crippen LogP contribution in [0.15, 0.2) is 18.5 Å². The van der Waals surface area contributed by atoms with Gasteiger partial charge in [-0.05, 0) is 32.0 Å². The molecule has 2 aromatic heterocycles. The van der Waals surface area contributed by atoms with E-state index in [1.165, 1.54) is 0 Å². The highest BCUT2D eigenvalue weighted by atomic mass is 16.5. The molecule has 3 rings (SSSR count). The van der Waals surface area contributed by atoms with Crippen molar-refractivity contribution in [2.75, 3.05) is 13.1 Å². The molecule has 0 atom stereocenters. The monoisotopic (exact) mass is 232 g/mol. The maximum atomic E-state index is 5.84. The van der Waals surface area contributed by atoms with Crippen molar-refractivity contribution in [3.05, 3.63) is 24.3 Å². The summed E-state index contributed by atoms with van der Waals surface area (Å²) in [6.07, 6.45) is 6.07. The first-order valence-electron chi connectivity index (χ1n) is 6.03. The summed E-state index contributed by atoms with van der Waals surface area (Å²) >= 11 is 0. The lowest BCUT2D eigenvalue weighted by Gasteiger charge is -2.22. The minimum Gasteiger partial charge on any atom is -0.370 e.